The van der Waals surface area contributed by atoms with Crippen LogP contribution in [0.5, 0.6) is 5.75 Å². The number of amides is 4. The zero-order valence-corrected chi connectivity index (χ0v) is 36.4. The number of ketones is 1. The minimum atomic E-state index is -1.45. The van der Waals surface area contributed by atoms with Crippen molar-refractivity contribution in [1.29, 1.82) is 0 Å². The number of carbonyl (C=O) groups is 5. The van der Waals surface area contributed by atoms with E-state index in [9.17, 15) is 34.1 Å². The van der Waals surface area contributed by atoms with Gasteiger partial charge in [0.1, 0.15) is 22.4 Å². The molecule has 328 valence electrons. The van der Waals surface area contributed by atoms with Crippen LogP contribution in [0.4, 0.5) is 10.5 Å². The molecule has 0 aromatic heterocycles. The highest BCUT2D eigenvalue weighted by Crippen LogP contribution is 2.59. The maximum atomic E-state index is 14.3. The van der Waals surface area contributed by atoms with Gasteiger partial charge in [0.25, 0.3) is 11.6 Å². The molecule has 14 nitrogen and oxygen atoms in total. The zero-order valence-electron chi connectivity index (χ0n) is 35.6. The van der Waals surface area contributed by atoms with E-state index in [1.165, 1.54) is 6.08 Å². The Balaban J connectivity index is 0.768. The summed E-state index contributed by atoms with van der Waals surface area (Å²) in [7, 11) is 0. The van der Waals surface area contributed by atoms with Crippen molar-refractivity contribution in [3.63, 3.8) is 0 Å². The maximum absolute atomic E-state index is 14.3. The van der Waals surface area contributed by atoms with Crippen LogP contribution in [0, 0.1) is 21.4 Å². The number of allylic oxidation sites excluding steroid dienone is 2. The first kappa shape index (κ1) is 43.0. The van der Waals surface area contributed by atoms with Crippen molar-refractivity contribution in [3.05, 3.63) is 57.7 Å². The lowest BCUT2D eigenvalue weighted by molar-refractivity contribution is -0.385. The second-order valence-corrected chi connectivity index (χ2v) is 20.1. The molecule has 1 aromatic rings. The highest BCUT2D eigenvalue weighted by atomic mass is 32.2. The number of nitro groups is 1. The number of urea groups is 1. The zero-order chi connectivity index (χ0) is 43.2. The lowest BCUT2D eigenvalue weighted by Gasteiger charge is -2.62. The van der Waals surface area contributed by atoms with Crippen LogP contribution in [0.1, 0.15) is 128 Å². The van der Waals surface area contributed by atoms with E-state index in [1.807, 2.05) is 24.8 Å². The molecule has 8 aliphatic rings. The molecule has 7 atom stereocenters. The molecule has 4 amide bonds. The number of hydrogen-bond acceptors (Lipinski definition) is 10. The summed E-state index contributed by atoms with van der Waals surface area (Å²) in [5, 5.41) is 22.2. The number of unbranched alkanes of at least 4 members (excludes halogenated alkanes) is 7. The van der Waals surface area contributed by atoms with Crippen molar-refractivity contribution >= 4 is 58.7 Å². The average molecular weight is 858 g/mol. The summed E-state index contributed by atoms with van der Waals surface area (Å²) in [5.41, 5.74) is -4.01. The van der Waals surface area contributed by atoms with Crippen molar-refractivity contribution in [2.45, 2.75) is 151 Å². The van der Waals surface area contributed by atoms with Gasteiger partial charge in [0.15, 0.2) is 5.78 Å². The van der Waals surface area contributed by atoms with E-state index in [-0.39, 0.29) is 64.1 Å². The molecule has 2 spiro atoms. The molecule has 1 aliphatic carbocycles. The summed E-state index contributed by atoms with van der Waals surface area (Å²) >= 11 is 1.90. The molecule has 0 saturated carbocycles. The van der Waals surface area contributed by atoms with Gasteiger partial charge >= 0.3 is 12.0 Å². The standard InChI is InChI=1S/C46H59N5O9S/c1-43(2)35-27-45-22-15-24-50(45)41(55)46(35,49-40(45)54)26-31(39(43)53)29-18-19-33-30(38(29)51(57)58)20-23-44(3,60-33)21-13-9-7-5-4-6-8-10-14-25-59-36(52)17-12-11-16-34-37-32(28-61-34)47-42(56)48-37/h9,13,18-20,23,26,32,34-35,37H,4-8,10-12,14-17,21-22,24-25,27-28H2,1-3H3,(H,49,54)(H2,47,48,56)/b13-9+/t32-,34-,35?,37-,44?,45?,46?/m0/s1. The van der Waals surface area contributed by atoms with Gasteiger partial charge in [0.05, 0.1) is 34.7 Å². The van der Waals surface area contributed by atoms with Crippen LogP contribution < -0.4 is 20.7 Å². The summed E-state index contributed by atoms with van der Waals surface area (Å²) < 4.78 is 11.8. The molecule has 3 N–H and O–H groups in total. The molecule has 7 heterocycles. The van der Waals surface area contributed by atoms with Gasteiger partial charge in [-0.2, -0.15) is 11.8 Å². The Morgan fingerprint density at radius 1 is 1.03 bits per heavy atom. The Hall–Kier alpha value is -4.66. The number of rotatable bonds is 18. The van der Waals surface area contributed by atoms with Crippen LogP contribution in [0.25, 0.3) is 11.6 Å². The van der Waals surface area contributed by atoms with Crippen molar-refractivity contribution in [2.24, 2.45) is 11.3 Å². The van der Waals surface area contributed by atoms with Gasteiger partial charge in [-0.1, -0.05) is 58.1 Å². The Labute approximate surface area is 361 Å². The number of nitro benzene ring substituents is 1. The fraction of sp³-hybridized carbons (Fsp3) is 0.630. The van der Waals surface area contributed by atoms with E-state index in [0.29, 0.717) is 56.3 Å². The molecule has 2 bridgehead atoms. The third-order valence-electron chi connectivity index (χ3n) is 14.4. The molecular formula is C46H59N5O9S. The summed E-state index contributed by atoms with van der Waals surface area (Å²) in [6, 6.07) is 3.57. The number of benzene rings is 1. The van der Waals surface area contributed by atoms with Crippen LogP contribution in [0.2, 0.25) is 0 Å². The Morgan fingerprint density at radius 3 is 2.62 bits per heavy atom. The number of nitrogens with one attached hydrogen (secondary N) is 3. The fourth-order valence-electron chi connectivity index (χ4n) is 11.0. The summed E-state index contributed by atoms with van der Waals surface area (Å²) in [6.07, 6.45) is 21.9. The Bertz CT molecular complexity index is 2080. The number of ether oxygens (including phenoxy) is 2. The van der Waals surface area contributed by atoms with E-state index >= 15 is 0 Å². The third kappa shape index (κ3) is 7.88. The van der Waals surface area contributed by atoms with Gasteiger partial charge < -0.3 is 30.3 Å². The first-order chi connectivity index (χ1) is 29.2. The monoisotopic (exact) mass is 857 g/mol. The van der Waals surface area contributed by atoms with Crippen molar-refractivity contribution in [2.75, 3.05) is 18.9 Å². The van der Waals surface area contributed by atoms with Crippen LogP contribution in [-0.4, -0.2) is 92.3 Å². The van der Waals surface area contributed by atoms with Crippen LogP contribution >= 0.6 is 11.8 Å². The van der Waals surface area contributed by atoms with E-state index in [0.717, 1.165) is 70.0 Å². The van der Waals surface area contributed by atoms with Gasteiger partial charge in [-0.05, 0) is 88.7 Å². The number of hydrogen-bond donors (Lipinski definition) is 3. The normalized spacial score (nSPS) is 31.5. The quantitative estimate of drug-likeness (QED) is 0.0349. The minimum absolute atomic E-state index is 0.0688. The highest BCUT2D eigenvalue weighted by Gasteiger charge is 2.73. The van der Waals surface area contributed by atoms with E-state index in [1.54, 1.807) is 37.0 Å². The number of thioether (sulfide) groups is 1. The van der Waals surface area contributed by atoms with Gasteiger partial charge in [-0.15, -0.1) is 0 Å². The highest BCUT2D eigenvalue weighted by molar-refractivity contribution is 8.00. The molecule has 9 rings (SSSR count). The van der Waals surface area contributed by atoms with E-state index in [2.05, 4.69) is 28.1 Å². The largest absolute Gasteiger partial charge is 0.482 e. The lowest BCUT2D eigenvalue weighted by atomic mass is 9.51. The second-order valence-electron chi connectivity index (χ2n) is 18.8. The predicted molar refractivity (Wildman–Crippen MR) is 232 cm³/mol. The predicted octanol–water partition coefficient (Wildman–Crippen LogP) is 6.95. The van der Waals surface area contributed by atoms with E-state index < -0.39 is 32.9 Å². The lowest BCUT2D eigenvalue weighted by Crippen LogP contribution is -2.83. The molecule has 0 radical (unpaired) electrons. The van der Waals surface area contributed by atoms with Gasteiger partial charge in [0, 0.05) is 47.3 Å². The molecule has 4 unspecified atom stereocenters. The molecular weight excluding hydrogens is 799 g/mol. The molecule has 6 fully saturated rings. The Morgan fingerprint density at radius 2 is 1.82 bits per heavy atom. The summed E-state index contributed by atoms with van der Waals surface area (Å²) in [6.45, 7) is 6.45. The first-order valence-corrected chi connectivity index (χ1v) is 23.4. The molecule has 6 saturated heterocycles. The number of piperazine rings is 1. The van der Waals surface area contributed by atoms with Gasteiger partial charge in [-0.3, -0.25) is 29.3 Å². The van der Waals surface area contributed by atoms with Crippen LogP contribution in [0.3, 0.4) is 0 Å². The van der Waals surface area contributed by atoms with Crippen LogP contribution in [0.15, 0.2) is 36.4 Å². The number of nitrogens with zero attached hydrogens (tertiary/aromatic N) is 2. The summed E-state index contributed by atoms with van der Waals surface area (Å²) in [4.78, 5) is 79.6. The first-order valence-electron chi connectivity index (χ1n) is 22.3. The maximum Gasteiger partial charge on any atom is 0.315 e. The molecule has 61 heavy (non-hydrogen) atoms. The minimum Gasteiger partial charge on any atom is -0.482 e. The summed E-state index contributed by atoms with van der Waals surface area (Å²) in [5.74, 6) is -0.0510. The fourth-order valence-corrected chi connectivity index (χ4v) is 12.5. The molecule has 1 aromatic carbocycles. The van der Waals surface area contributed by atoms with Crippen LogP contribution in [-0.2, 0) is 23.9 Å². The topological polar surface area (TPSA) is 186 Å². The van der Waals surface area contributed by atoms with Crippen molar-refractivity contribution < 1.29 is 38.4 Å². The van der Waals surface area contributed by atoms with Crippen molar-refractivity contribution in [1.82, 2.24) is 20.9 Å². The number of carbonyl (C=O) groups excluding carboxylic acids is 5. The molecule has 7 aliphatic heterocycles. The number of esters is 1. The van der Waals surface area contributed by atoms with Crippen molar-refractivity contribution in [3.8, 4) is 5.75 Å². The molecule has 15 heteroatoms. The van der Waals surface area contributed by atoms with Gasteiger partial charge in [0.2, 0.25) is 5.91 Å². The third-order valence-corrected chi connectivity index (χ3v) is 15.9. The average Bonchev–Trinajstić information content (AvgIpc) is 3.94. The smallest absolute Gasteiger partial charge is 0.315 e. The number of piperidine rings is 2. The second kappa shape index (κ2) is 16.9. The SMILES string of the molecule is CC1(C/C=C/CCCCCCCCOC(=O)CCCC[C@@H]2SC[C@@H]3NC(=O)N[C@@H]32)C=Cc2c(ccc(C3=CC45NC(=O)C6(CCCN6C4=O)CC5C(C)(C)C3=O)c2[N+](=O)[O-])O1. The van der Waals surface area contributed by atoms with Gasteiger partial charge in [-0.25, -0.2) is 4.79 Å². The van der Waals surface area contributed by atoms with E-state index in [4.69, 9.17) is 9.47 Å². The number of fused-ring (bicyclic) bond motifs is 3. The Kier molecular flexibility index (Phi) is 11.9. The number of Topliss-reactive ketones (excluding diaryl/α,β-unsaturated/α-hetero) is 1.